The molecule has 2 aromatic carbocycles. The highest BCUT2D eigenvalue weighted by atomic mass is 35.5. The van der Waals surface area contributed by atoms with Gasteiger partial charge in [0.1, 0.15) is 28.1 Å². The van der Waals surface area contributed by atoms with Crippen LogP contribution in [0.1, 0.15) is 12.7 Å². The zero-order valence-electron chi connectivity index (χ0n) is 16.7. The number of ether oxygens (including phenoxy) is 1. The molecule has 0 aliphatic heterocycles. The molecule has 0 unspecified atom stereocenters. The fraction of sp³-hybridized carbons (Fsp3) is 0.200. The molecule has 1 aromatic heterocycles. The van der Waals surface area contributed by atoms with Crippen LogP contribution in [0, 0.1) is 6.92 Å². The van der Waals surface area contributed by atoms with Crippen LogP contribution in [-0.2, 0) is 10.0 Å². The van der Waals surface area contributed by atoms with Gasteiger partial charge in [0.15, 0.2) is 0 Å². The summed E-state index contributed by atoms with van der Waals surface area (Å²) < 4.78 is 33.2. The number of aromatic nitrogens is 2. The van der Waals surface area contributed by atoms with Gasteiger partial charge < -0.3 is 15.4 Å². The summed E-state index contributed by atoms with van der Waals surface area (Å²) in [7, 11) is -2.47. The lowest BCUT2D eigenvalue weighted by molar-refractivity contribution is 0.403. The number of nitrogens with one attached hydrogen (secondary N) is 3. The molecule has 3 N–H and O–H groups in total. The van der Waals surface area contributed by atoms with Gasteiger partial charge in [0.25, 0.3) is 10.0 Å². The van der Waals surface area contributed by atoms with Crippen LogP contribution in [0.15, 0.2) is 53.4 Å². The van der Waals surface area contributed by atoms with Crippen molar-refractivity contribution < 1.29 is 13.2 Å². The zero-order chi connectivity index (χ0) is 21.7. The number of hydrogen-bond donors (Lipinski definition) is 3. The Morgan fingerprint density at radius 1 is 1.00 bits per heavy atom. The van der Waals surface area contributed by atoms with Gasteiger partial charge in [-0.25, -0.2) is 18.4 Å². The summed E-state index contributed by atoms with van der Waals surface area (Å²) in [5.74, 6) is 2.21. The van der Waals surface area contributed by atoms with Crippen LogP contribution in [0.2, 0.25) is 5.02 Å². The number of sulfonamides is 1. The van der Waals surface area contributed by atoms with Gasteiger partial charge in [0.2, 0.25) is 0 Å². The van der Waals surface area contributed by atoms with E-state index in [0.29, 0.717) is 22.4 Å². The number of nitrogens with zero attached hydrogens (tertiary/aromatic N) is 2. The predicted octanol–water partition coefficient (Wildman–Crippen LogP) is 4.42. The largest absolute Gasteiger partial charge is 0.495 e. The van der Waals surface area contributed by atoms with E-state index in [1.807, 2.05) is 13.8 Å². The van der Waals surface area contributed by atoms with Gasteiger partial charge in [0, 0.05) is 29.0 Å². The maximum Gasteiger partial charge on any atom is 0.265 e. The van der Waals surface area contributed by atoms with Crippen LogP contribution in [0.5, 0.6) is 5.75 Å². The Labute approximate surface area is 180 Å². The number of aryl methyl sites for hydroxylation is 1. The summed E-state index contributed by atoms with van der Waals surface area (Å²) in [6.45, 7) is 4.56. The normalized spacial score (nSPS) is 11.1. The summed E-state index contributed by atoms with van der Waals surface area (Å²) in [5, 5.41) is 6.63. The fourth-order valence-electron chi connectivity index (χ4n) is 2.74. The molecule has 0 aliphatic rings. The van der Waals surface area contributed by atoms with Crippen LogP contribution < -0.4 is 20.1 Å². The second kappa shape index (κ2) is 9.19. The summed E-state index contributed by atoms with van der Waals surface area (Å²) >= 11 is 5.95. The first-order valence-electron chi connectivity index (χ1n) is 9.13. The molecule has 0 radical (unpaired) electrons. The van der Waals surface area contributed by atoms with Crippen LogP contribution in [0.3, 0.4) is 0 Å². The molecule has 0 aliphatic carbocycles. The van der Waals surface area contributed by atoms with Crippen molar-refractivity contribution in [2.75, 3.05) is 29.0 Å². The zero-order valence-corrected chi connectivity index (χ0v) is 18.3. The van der Waals surface area contributed by atoms with E-state index in [0.717, 1.165) is 18.1 Å². The number of rotatable bonds is 8. The molecule has 8 nitrogen and oxygen atoms in total. The second-order valence-corrected chi connectivity index (χ2v) is 8.41. The molecule has 158 valence electrons. The molecule has 0 saturated carbocycles. The lowest BCUT2D eigenvalue weighted by Gasteiger charge is -2.13. The lowest BCUT2D eigenvalue weighted by Crippen LogP contribution is -2.14. The SMILES string of the molecule is CCNc1cc(Nc2ccc(NS(=O)(=O)c3cc(Cl)ccc3OC)cc2)nc(C)n1. The van der Waals surface area contributed by atoms with Crippen molar-refractivity contribution in [2.45, 2.75) is 18.7 Å². The first-order valence-corrected chi connectivity index (χ1v) is 11.0. The minimum Gasteiger partial charge on any atom is -0.495 e. The summed E-state index contributed by atoms with van der Waals surface area (Å²) in [6.07, 6.45) is 0. The minimum atomic E-state index is -3.88. The van der Waals surface area contributed by atoms with Crippen LogP contribution >= 0.6 is 11.6 Å². The monoisotopic (exact) mass is 447 g/mol. The Kier molecular flexibility index (Phi) is 6.63. The maximum absolute atomic E-state index is 12.8. The van der Waals surface area contributed by atoms with Gasteiger partial charge in [0.05, 0.1) is 7.11 Å². The van der Waals surface area contributed by atoms with Gasteiger partial charge in [-0.2, -0.15) is 0 Å². The van der Waals surface area contributed by atoms with Crippen molar-refractivity contribution in [1.29, 1.82) is 0 Å². The lowest BCUT2D eigenvalue weighted by atomic mass is 10.3. The van der Waals surface area contributed by atoms with Crippen molar-refractivity contribution in [2.24, 2.45) is 0 Å². The summed E-state index contributed by atoms with van der Waals surface area (Å²) in [6, 6.07) is 13.0. The average Bonchev–Trinajstić information content (AvgIpc) is 2.69. The number of benzene rings is 2. The summed E-state index contributed by atoms with van der Waals surface area (Å²) in [5.41, 5.74) is 1.15. The molecular formula is C20H22ClN5O3S. The first-order chi connectivity index (χ1) is 14.3. The van der Waals surface area contributed by atoms with Crippen LogP contribution in [-0.4, -0.2) is 32.0 Å². The van der Waals surface area contributed by atoms with E-state index in [1.165, 1.54) is 19.2 Å². The van der Waals surface area contributed by atoms with E-state index in [9.17, 15) is 8.42 Å². The van der Waals surface area contributed by atoms with Gasteiger partial charge in [-0.3, -0.25) is 4.72 Å². The Morgan fingerprint density at radius 2 is 1.67 bits per heavy atom. The molecule has 0 amide bonds. The predicted molar refractivity (Wildman–Crippen MR) is 119 cm³/mol. The highest BCUT2D eigenvalue weighted by Gasteiger charge is 2.20. The average molecular weight is 448 g/mol. The Hall–Kier alpha value is -3.04. The Morgan fingerprint density at radius 3 is 2.33 bits per heavy atom. The highest BCUT2D eigenvalue weighted by Crippen LogP contribution is 2.29. The molecule has 0 bridgehead atoms. The van der Waals surface area contributed by atoms with Gasteiger partial charge in [-0.15, -0.1) is 0 Å². The fourth-order valence-corrected chi connectivity index (χ4v) is 4.24. The van der Waals surface area contributed by atoms with E-state index in [4.69, 9.17) is 16.3 Å². The van der Waals surface area contributed by atoms with E-state index >= 15 is 0 Å². The number of anilines is 4. The molecule has 0 spiro atoms. The van der Waals surface area contributed by atoms with Crippen molar-refractivity contribution in [1.82, 2.24) is 9.97 Å². The molecule has 30 heavy (non-hydrogen) atoms. The smallest absolute Gasteiger partial charge is 0.265 e. The topological polar surface area (TPSA) is 105 Å². The standard InChI is InChI=1S/C20H22ClN5O3S/c1-4-22-19-12-20(24-13(2)23-19)25-15-6-8-16(9-7-15)26-30(27,28)18-11-14(21)5-10-17(18)29-3/h5-12,26H,4H2,1-3H3,(H2,22,23,24,25). The van der Waals surface area contributed by atoms with Crippen molar-refractivity contribution in [3.8, 4) is 5.75 Å². The molecule has 0 saturated heterocycles. The maximum atomic E-state index is 12.8. The molecule has 1 heterocycles. The van der Waals surface area contributed by atoms with Crippen molar-refractivity contribution in [3.63, 3.8) is 0 Å². The van der Waals surface area contributed by atoms with Gasteiger partial charge in [-0.1, -0.05) is 11.6 Å². The van der Waals surface area contributed by atoms with Crippen LogP contribution in [0.25, 0.3) is 0 Å². The van der Waals surface area contributed by atoms with Crippen LogP contribution in [0.4, 0.5) is 23.0 Å². The number of halogens is 1. The highest BCUT2D eigenvalue weighted by molar-refractivity contribution is 7.92. The second-order valence-electron chi connectivity index (χ2n) is 6.32. The van der Waals surface area contributed by atoms with E-state index in [2.05, 4.69) is 25.3 Å². The van der Waals surface area contributed by atoms with Crippen molar-refractivity contribution in [3.05, 3.63) is 59.4 Å². The third-order valence-corrected chi connectivity index (χ3v) is 5.66. The molecule has 0 atom stereocenters. The quantitative estimate of drug-likeness (QED) is 0.469. The van der Waals surface area contributed by atoms with Crippen molar-refractivity contribution >= 4 is 44.6 Å². The third-order valence-electron chi connectivity index (χ3n) is 4.02. The summed E-state index contributed by atoms with van der Waals surface area (Å²) in [4.78, 5) is 8.64. The minimum absolute atomic E-state index is 0.0351. The van der Waals surface area contributed by atoms with Gasteiger partial charge in [-0.05, 0) is 56.3 Å². The Balaban J connectivity index is 1.77. The molecular weight excluding hydrogens is 426 g/mol. The number of hydrogen-bond acceptors (Lipinski definition) is 7. The molecule has 0 fully saturated rings. The van der Waals surface area contributed by atoms with E-state index in [1.54, 1.807) is 36.4 Å². The molecule has 3 rings (SSSR count). The first kappa shape index (κ1) is 21.7. The Bertz CT molecular complexity index is 1140. The van der Waals surface area contributed by atoms with E-state index in [-0.39, 0.29) is 10.6 Å². The van der Waals surface area contributed by atoms with Gasteiger partial charge >= 0.3 is 0 Å². The third kappa shape index (κ3) is 5.31. The molecule has 10 heteroatoms. The number of methoxy groups -OCH3 is 1. The molecule has 3 aromatic rings. The van der Waals surface area contributed by atoms with E-state index < -0.39 is 10.0 Å².